The molecule has 1 aliphatic rings. The van der Waals surface area contributed by atoms with Gasteiger partial charge in [0, 0.05) is 44.6 Å². The molecule has 0 spiro atoms. The summed E-state index contributed by atoms with van der Waals surface area (Å²) in [6.07, 6.45) is 7.14. The van der Waals surface area contributed by atoms with Crippen LogP contribution < -0.4 is 4.74 Å². The second-order valence-corrected chi connectivity index (χ2v) is 6.80. The normalized spacial score (nSPS) is 17.8. The van der Waals surface area contributed by atoms with Gasteiger partial charge in [-0.05, 0) is 37.6 Å². The van der Waals surface area contributed by atoms with Crippen LogP contribution in [0.5, 0.6) is 11.6 Å². The summed E-state index contributed by atoms with van der Waals surface area (Å²) in [5.74, 6) is 0.342. The minimum atomic E-state index is -0.407. The first-order valence-corrected chi connectivity index (χ1v) is 9.13. The van der Waals surface area contributed by atoms with Gasteiger partial charge in [-0.2, -0.15) is 5.10 Å². The monoisotopic (exact) mass is 367 g/mol. The molecule has 4 rings (SSSR count). The number of hydrogen-bond acceptors (Lipinski definition) is 5. The van der Waals surface area contributed by atoms with Crippen molar-refractivity contribution in [2.75, 3.05) is 13.1 Å². The second kappa shape index (κ2) is 7.84. The number of para-hydroxylation sites is 1. The molecule has 3 aromatic rings. The molecular weight excluding hydrogens is 345 g/mol. The zero-order chi connectivity index (χ0) is 18.6. The molecule has 0 N–H and O–H groups in total. The molecule has 0 bridgehead atoms. The van der Waals surface area contributed by atoms with Crippen LogP contribution in [-0.4, -0.2) is 37.7 Å². The molecular formula is C20H22FN5O. The quantitative estimate of drug-likeness (QED) is 0.691. The van der Waals surface area contributed by atoms with Gasteiger partial charge in [-0.1, -0.05) is 12.1 Å². The first-order valence-electron chi connectivity index (χ1n) is 9.13. The predicted octanol–water partition coefficient (Wildman–Crippen LogP) is 3.52. The van der Waals surface area contributed by atoms with E-state index in [1.54, 1.807) is 30.6 Å². The SMILES string of the molecule is Cn1nccc1CN1CCCC(c2nccnc2Oc2ccccc2F)C1. The molecule has 0 aliphatic carbocycles. The van der Waals surface area contributed by atoms with Crippen LogP contribution in [0.4, 0.5) is 4.39 Å². The van der Waals surface area contributed by atoms with Crippen LogP contribution in [0.25, 0.3) is 0 Å². The fourth-order valence-corrected chi connectivity index (χ4v) is 3.53. The zero-order valence-corrected chi connectivity index (χ0v) is 15.3. The number of ether oxygens (including phenoxy) is 1. The maximum Gasteiger partial charge on any atom is 0.241 e. The fourth-order valence-electron chi connectivity index (χ4n) is 3.53. The van der Waals surface area contributed by atoms with Crippen LogP contribution in [0.1, 0.15) is 30.1 Å². The van der Waals surface area contributed by atoms with Crippen molar-refractivity contribution in [1.29, 1.82) is 0 Å². The van der Waals surface area contributed by atoms with Crippen molar-refractivity contribution in [3.05, 3.63) is 66.1 Å². The topological polar surface area (TPSA) is 56.1 Å². The van der Waals surface area contributed by atoms with E-state index < -0.39 is 5.82 Å². The minimum absolute atomic E-state index is 0.168. The van der Waals surface area contributed by atoms with Gasteiger partial charge < -0.3 is 4.74 Å². The van der Waals surface area contributed by atoms with E-state index >= 15 is 0 Å². The number of hydrogen-bond donors (Lipinski definition) is 0. The molecule has 0 radical (unpaired) electrons. The third kappa shape index (κ3) is 3.98. The Morgan fingerprint density at radius 1 is 1.15 bits per heavy atom. The first-order chi connectivity index (χ1) is 13.2. The molecule has 6 nitrogen and oxygen atoms in total. The van der Waals surface area contributed by atoms with Crippen molar-refractivity contribution in [1.82, 2.24) is 24.6 Å². The minimum Gasteiger partial charge on any atom is -0.434 e. The summed E-state index contributed by atoms with van der Waals surface area (Å²) < 4.78 is 21.6. The van der Waals surface area contributed by atoms with Crippen LogP contribution in [0.15, 0.2) is 48.9 Å². The van der Waals surface area contributed by atoms with Crippen molar-refractivity contribution in [2.45, 2.75) is 25.3 Å². The Labute approximate surface area is 157 Å². The maximum atomic E-state index is 14.0. The van der Waals surface area contributed by atoms with Gasteiger partial charge in [-0.15, -0.1) is 0 Å². The summed E-state index contributed by atoms with van der Waals surface area (Å²) in [5, 5.41) is 4.24. The largest absolute Gasteiger partial charge is 0.434 e. The molecule has 7 heteroatoms. The zero-order valence-electron chi connectivity index (χ0n) is 15.3. The number of rotatable bonds is 5. The molecule has 0 saturated carbocycles. The third-order valence-corrected chi connectivity index (χ3v) is 4.93. The molecule has 2 aromatic heterocycles. The number of nitrogens with zero attached hydrogens (tertiary/aromatic N) is 5. The van der Waals surface area contributed by atoms with Crippen LogP contribution >= 0.6 is 0 Å². The Hall–Kier alpha value is -2.80. The number of halogens is 1. The highest BCUT2D eigenvalue weighted by Crippen LogP contribution is 2.33. The van der Waals surface area contributed by atoms with E-state index in [1.807, 2.05) is 24.0 Å². The van der Waals surface area contributed by atoms with E-state index in [0.29, 0.717) is 5.88 Å². The van der Waals surface area contributed by atoms with Crippen molar-refractivity contribution in [2.24, 2.45) is 7.05 Å². The van der Waals surface area contributed by atoms with Gasteiger partial charge in [0.05, 0.1) is 5.69 Å². The Morgan fingerprint density at radius 2 is 2.00 bits per heavy atom. The molecule has 1 saturated heterocycles. The van der Waals surface area contributed by atoms with Crippen LogP contribution in [0.2, 0.25) is 0 Å². The molecule has 27 heavy (non-hydrogen) atoms. The van der Waals surface area contributed by atoms with Gasteiger partial charge in [-0.25, -0.2) is 9.37 Å². The van der Waals surface area contributed by atoms with E-state index in [0.717, 1.165) is 38.2 Å². The second-order valence-electron chi connectivity index (χ2n) is 6.80. The molecule has 3 heterocycles. The van der Waals surface area contributed by atoms with Crippen molar-refractivity contribution in [3.63, 3.8) is 0 Å². The lowest BCUT2D eigenvalue weighted by Crippen LogP contribution is -2.35. The van der Waals surface area contributed by atoms with E-state index in [2.05, 4.69) is 20.0 Å². The van der Waals surface area contributed by atoms with Crippen LogP contribution in [0.3, 0.4) is 0 Å². The number of piperidine rings is 1. The Kier molecular flexibility index (Phi) is 5.11. The molecule has 140 valence electrons. The highest BCUT2D eigenvalue weighted by Gasteiger charge is 2.26. The third-order valence-electron chi connectivity index (χ3n) is 4.93. The average molecular weight is 367 g/mol. The van der Waals surface area contributed by atoms with E-state index in [1.165, 1.54) is 11.8 Å². The van der Waals surface area contributed by atoms with Gasteiger partial charge in [-0.3, -0.25) is 14.6 Å². The summed E-state index contributed by atoms with van der Waals surface area (Å²) in [7, 11) is 1.96. The van der Waals surface area contributed by atoms with E-state index in [-0.39, 0.29) is 11.7 Å². The highest BCUT2D eigenvalue weighted by atomic mass is 19.1. The Balaban J connectivity index is 1.52. The standard InChI is InChI=1S/C20H22FN5O/c1-25-16(8-9-24-25)14-26-12-4-5-15(13-26)19-20(23-11-10-22-19)27-18-7-3-2-6-17(18)21/h2-3,6-11,15H,4-5,12-14H2,1H3. The average Bonchev–Trinajstić information content (AvgIpc) is 3.09. The lowest BCUT2D eigenvalue weighted by atomic mass is 9.94. The highest BCUT2D eigenvalue weighted by molar-refractivity contribution is 5.32. The van der Waals surface area contributed by atoms with Crippen molar-refractivity contribution >= 4 is 0 Å². The lowest BCUT2D eigenvalue weighted by molar-refractivity contribution is 0.192. The molecule has 1 atom stereocenters. The van der Waals surface area contributed by atoms with Gasteiger partial charge in [0.2, 0.25) is 5.88 Å². The summed E-state index contributed by atoms with van der Waals surface area (Å²) in [6, 6.07) is 8.39. The smallest absolute Gasteiger partial charge is 0.241 e. The Bertz CT molecular complexity index is 913. The predicted molar refractivity (Wildman–Crippen MR) is 99.0 cm³/mol. The number of aryl methyl sites for hydroxylation is 1. The first kappa shape index (κ1) is 17.6. The van der Waals surface area contributed by atoms with Gasteiger partial charge in [0.1, 0.15) is 5.69 Å². The molecule has 1 aliphatic heterocycles. The van der Waals surface area contributed by atoms with Crippen molar-refractivity contribution < 1.29 is 9.13 Å². The van der Waals surface area contributed by atoms with Gasteiger partial charge >= 0.3 is 0 Å². The van der Waals surface area contributed by atoms with E-state index in [4.69, 9.17) is 4.74 Å². The maximum absolute atomic E-state index is 14.0. The molecule has 1 unspecified atom stereocenters. The summed E-state index contributed by atoms with van der Waals surface area (Å²) in [6.45, 7) is 2.74. The van der Waals surface area contributed by atoms with Gasteiger partial charge in [0.25, 0.3) is 0 Å². The Morgan fingerprint density at radius 3 is 2.81 bits per heavy atom. The van der Waals surface area contributed by atoms with Crippen LogP contribution in [-0.2, 0) is 13.6 Å². The number of benzene rings is 1. The summed E-state index contributed by atoms with van der Waals surface area (Å²) >= 11 is 0. The molecule has 1 fully saturated rings. The molecule has 0 amide bonds. The summed E-state index contributed by atoms with van der Waals surface area (Å²) in [4.78, 5) is 11.2. The lowest BCUT2D eigenvalue weighted by Gasteiger charge is -2.32. The van der Waals surface area contributed by atoms with Gasteiger partial charge in [0.15, 0.2) is 11.6 Å². The van der Waals surface area contributed by atoms with Crippen LogP contribution in [0, 0.1) is 5.82 Å². The molecule has 1 aromatic carbocycles. The number of aromatic nitrogens is 4. The van der Waals surface area contributed by atoms with E-state index in [9.17, 15) is 4.39 Å². The fraction of sp³-hybridized carbons (Fsp3) is 0.350. The summed E-state index contributed by atoms with van der Waals surface area (Å²) in [5.41, 5.74) is 1.97. The van der Waals surface area contributed by atoms with Crippen molar-refractivity contribution in [3.8, 4) is 11.6 Å². The number of likely N-dealkylation sites (tertiary alicyclic amines) is 1.